The Kier molecular flexibility index (Phi) is 18.3. The second-order valence-corrected chi connectivity index (χ2v) is 19.8. The van der Waals surface area contributed by atoms with E-state index in [0.29, 0.717) is 0 Å². The molecule has 0 aromatic rings. The number of rotatable bonds is 1. The van der Waals surface area contributed by atoms with Crippen LogP contribution in [-0.2, 0) is 14.3 Å². The van der Waals surface area contributed by atoms with Crippen LogP contribution in [0.1, 0.15) is 35.1 Å². The van der Waals surface area contributed by atoms with Crippen molar-refractivity contribution in [3.63, 3.8) is 0 Å². The Morgan fingerprint density at radius 1 is 0.793 bits per heavy atom. The van der Waals surface area contributed by atoms with E-state index in [-0.39, 0.29) is 18.3 Å². The molecule has 0 N–H and O–H groups in total. The fraction of sp³-hybridized carbons (Fsp3) is 0.714. The van der Waals surface area contributed by atoms with Crippen molar-refractivity contribution in [1.82, 2.24) is 0 Å². The highest BCUT2D eigenvalue weighted by molar-refractivity contribution is 6.84. The maximum Gasteiger partial charge on any atom is 0.403 e. The van der Waals surface area contributed by atoms with Crippen molar-refractivity contribution >= 4 is 50.7 Å². The molecule has 0 saturated carbocycles. The number of halogens is 2. The highest BCUT2D eigenvalue weighted by atomic mass is 35.5. The van der Waals surface area contributed by atoms with Crippen molar-refractivity contribution in [2.45, 2.75) is 79.3 Å². The van der Waals surface area contributed by atoms with Gasteiger partial charge in [-0.1, -0.05) is 58.5 Å². The third-order valence-electron chi connectivity index (χ3n) is 2.34. The van der Waals surface area contributed by atoms with Gasteiger partial charge in [0.2, 0.25) is 0 Å². The first-order chi connectivity index (χ1) is 12.2. The van der Waals surface area contributed by atoms with Crippen molar-refractivity contribution in [3.8, 4) is 22.9 Å². The molecule has 0 aliphatic carbocycles. The fourth-order valence-corrected chi connectivity index (χ4v) is 2.49. The maximum atomic E-state index is 11.2. The Bertz CT molecular complexity index is 600. The SMILES string of the molecule is C.CC(C)(Cl)C#C[Si](C)(C)C.COC(=O)C(C)(C)C#C[Si](C)(C)C.COC(=O)Cl. The van der Waals surface area contributed by atoms with Crippen LogP contribution in [0.3, 0.4) is 0 Å². The van der Waals surface area contributed by atoms with Gasteiger partial charge in [-0.15, -0.1) is 22.7 Å². The van der Waals surface area contributed by atoms with Gasteiger partial charge in [0.1, 0.15) is 21.6 Å². The molecule has 0 aromatic heterocycles. The van der Waals surface area contributed by atoms with Crippen LogP contribution in [-0.4, -0.2) is 46.6 Å². The van der Waals surface area contributed by atoms with Crippen LogP contribution in [0.4, 0.5) is 4.79 Å². The summed E-state index contributed by atoms with van der Waals surface area (Å²) in [7, 11) is -0.000316. The highest BCUT2D eigenvalue weighted by Gasteiger charge is 2.26. The summed E-state index contributed by atoms with van der Waals surface area (Å²) < 4.78 is 8.53. The lowest BCUT2D eigenvalue weighted by Gasteiger charge is -2.15. The van der Waals surface area contributed by atoms with Gasteiger partial charge in [0, 0.05) is 11.6 Å². The van der Waals surface area contributed by atoms with E-state index in [1.54, 1.807) is 13.8 Å². The molecule has 0 saturated heterocycles. The molecule has 0 heterocycles. The number of ether oxygens (including phenoxy) is 2. The summed E-state index contributed by atoms with van der Waals surface area (Å²) in [4.78, 5) is 20.2. The third-order valence-corrected chi connectivity index (χ3v) is 4.34. The second-order valence-electron chi connectivity index (χ2n) is 9.03. The van der Waals surface area contributed by atoms with Gasteiger partial charge in [-0.25, -0.2) is 4.79 Å². The molecule has 170 valence electrons. The van der Waals surface area contributed by atoms with Gasteiger partial charge in [0.15, 0.2) is 0 Å². The van der Waals surface area contributed by atoms with E-state index in [1.807, 2.05) is 13.8 Å². The predicted octanol–water partition coefficient (Wildman–Crippen LogP) is 6.58. The summed E-state index contributed by atoms with van der Waals surface area (Å²) in [6.45, 7) is 20.5. The molecule has 0 aliphatic rings. The van der Waals surface area contributed by atoms with Crippen LogP contribution in [0.5, 0.6) is 0 Å². The monoisotopic (exact) mass is 482 g/mol. The molecule has 0 unspecified atom stereocenters. The van der Waals surface area contributed by atoms with Gasteiger partial charge in [0.25, 0.3) is 0 Å². The predicted molar refractivity (Wildman–Crippen MR) is 133 cm³/mol. The minimum absolute atomic E-state index is 0. The number of carbonyl (C=O) groups excluding carboxylic acids is 2. The molecule has 0 rings (SSSR count). The van der Waals surface area contributed by atoms with Crippen LogP contribution in [0.15, 0.2) is 0 Å². The smallest absolute Gasteiger partial charge is 0.403 e. The summed E-state index contributed by atoms with van der Waals surface area (Å²) in [5.74, 6) is 5.76. The number of esters is 1. The molecule has 0 aliphatic heterocycles. The molecule has 0 bridgehead atoms. The van der Waals surface area contributed by atoms with Gasteiger partial charge in [-0.05, 0) is 27.7 Å². The van der Waals surface area contributed by atoms with Crippen molar-refractivity contribution in [2.24, 2.45) is 5.41 Å². The lowest BCUT2D eigenvalue weighted by atomic mass is 9.95. The van der Waals surface area contributed by atoms with Crippen molar-refractivity contribution < 1.29 is 19.1 Å². The summed E-state index contributed by atoms with van der Waals surface area (Å²) in [5, 5.41) is 0. The fourth-order valence-electron chi connectivity index (χ4n) is 0.986. The maximum absolute atomic E-state index is 11.2. The third kappa shape index (κ3) is 32.0. The average molecular weight is 484 g/mol. The summed E-state index contributed by atoms with van der Waals surface area (Å²) in [6.07, 6.45) is 0. The Labute approximate surface area is 191 Å². The van der Waals surface area contributed by atoms with Crippen molar-refractivity contribution in [2.75, 3.05) is 14.2 Å². The molecular formula is C21H40Cl2O4Si2. The van der Waals surface area contributed by atoms with Crippen LogP contribution < -0.4 is 0 Å². The van der Waals surface area contributed by atoms with E-state index >= 15 is 0 Å². The lowest BCUT2D eigenvalue weighted by Crippen LogP contribution is -2.25. The lowest BCUT2D eigenvalue weighted by molar-refractivity contribution is -0.147. The number of methoxy groups -OCH3 is 2. The number of alkyl halides is 1. The van der Waals surface area contributed by atoms with E-state index in [1.165, 1.54) is 14.2 Å². The largest absolute Gasteiger partial charge is 0.468 e. The van der Waals surface area contributed by atoms with E-state index in [4.69, 9.17) is 11.6 Å². The second kappa shape index (κ2) is 15.0. The molecule has 29 heavy (non-hydrogen) atoms. The minimum Gasteiger partial charge on any atom is -0.468 e. The number of carbonyl (C=O) groups is 2. The Hall–Kier alpha value is -0.926. The molecule has 4 nitrogen and oxygen atoms in total. The normalized spacial score (nSPS) is 10.6. The topological polar surface area (TPSA) is 52.6 Å². The van der Waals surface area contributed by atoms with E-state index in [0.717, 1.165) is 0 Å². The van der Waals surface area contributed by atoms with Gasteiger partial charge in [0.05, 0.1) is 19.1 Å². The first-order valence-electron chi connectivity index (χ1n) is 8.76. The number of hydrogen-bond acceptors (Lipinski definition) is 4. The first-order valence-corrected chi connectivity index (χ1v) is 16.5. The Morgan fingerprint density at radius 2 is 1.10 bits per heavy atom. The zero-order valence-electron chi connectivity index (χ0n) is 19.4. The Morgan fingerprint density at radius 3 is 1.28 bits per heavy atom. The van der Waals surface area contributed by atoms with Crippen LogP contribution in [0.25, 0.3) is 0 Å². The van der Waals surface area contributed by atoms with E-state index < -0.39 is 27.0 Å². The van der Waals surface area contributed by atoms with Crippen LogP contribution in [0, 0.1) is 28.3 Å². The molecule has 0 aromatic carbocycles. The van der Waals surface area contributed by atoms with Crippen molar-refractivity contribution in [3.05, 3.63) is 0 Å². The van der Waals surface area contributed by atoms with Crippen molar-refractivity contribution in [1.29, 1.82) is 0 Å². The molecule has 0 spiro atoms. The van der Waals surface area contributed by atoms with E-state index in [9.17, 15) is 9.59 Å². The zero-order valence-corrected chi connectivity index (χ0v) is 22.9. The molecule has 0 radical (unpaired) electrons. The Balaban J connectivity index is -0.000000174. The van der Waals surface area contributed by atoms with Crippen LogP contribution in [0.2, 0.25) is 39.3 Å². The number of hydrogen-bond donors (Lipinski definition) is 0. The van der Waals surface area contributed by atoms with Crippen LogP contribution >= 0.6 is 23.2 Å². The summed E-state index contributed by atoms with van der Waals surface area (Å²) in [6, 6.07) is 0. The highest BCUT2D eigenvalue weighted by Crippen LogP contribution is 2.15. The minimum atomic E-state index is -1.39. The summed E-state index contributed by atoms with van der Waals surface area (Å²) >= 11 is 10.5. The van der Waals surface area contributed by atoms with Gasteiger partial charge >= 0.3 is 11.4 Å². The molecule has 0 fully saturated rings. The quantitative estimate of drug-likeness (QED) is 0.139. The average Bonchev–Trinajstić information content (AvgIpc) is 2.49. The van der Waals surface area contributed by atoms with Gasteiger partial charge in [-0.3, -0.25) is 4.79 Å². The summed E-state index contributed by atoms with van der Waals surface area (Å²) in [5.41, 5.74) is 4.94. The molecule has 0 amide bonds. The standard InChI is InChI=1S/C10H18O2Si.C8H15ClSi.C2H3ClO2.CH4/c1-10(2,9(11)12-3)7-8-13(4,5)6;1-8(2,9)6-7-10(3,4)5;1-5-2(3)4;/h1-6H3;1-5H3;1H3;1H4. The van der Waals surface area contributed by atoms with Gasteiger partial charge in [-0.2, -0.15) is 0 Å². The van der Waals surface area contributed by atoms with Gasteiger partial charge < -0.3 is 9.47 Å². The first kappa shape index (κ1) is 35.5. The molecular weight excluding hydrogens is 443 g/mol. The molecule has 0 atom stereocenters. The zero-order chi connectivity index (χ0) is 23.4. The van der Waals surface area contributed by atoms with E-state index in [2.05, 4.69) is 83.3 Å². The molecule has 8 heteroatoms.